The molecule has 0 bridgehead atoms. The Morgan fingerprint density at radius 1 is 1.38 bits per heavy atom. The highest BCUT2D eigenvalue weighted by Crippen LogP contribution is 2.17. The highest BCUT2D eigenvalue weighted by atomic mass is 79.9. The van der Waals surface area contributed by atoms with Gasteiger partial charge in [-0.2, -0.15) is 0 Å². The van der Waals surface area contributed by atoms with Crippen molar-refractivity contribution in [1.82, 2.24) is 0 Å². The lowest BCUT2D eigenvalue weighted by Gasteiger charge is -2.00. The number of esters is 1. The molecule has 84 valence electrons. The molecule has 0 fully saturated rings. The number of ketones is 1. The number of halogens is 1. The molecule has 16 heavy (non-hydrogen) atoms. The first kappa shape index (κ1) is 12.4. The van der Waals surface area contributed by atoms with Gasteiger partial charge in [-0.3, -0.25) is 4.79 Å². The summed E-state index contributed by atoms with van der Waals surface area (Å²) in [5.41, 5.74) is 0.359. The topological polar surface area (TPSA) is 63.6 Å². The normalized spacial score (nSPS) is 11.0. The van der Waals surface area contributed by atoms with Crippen LogP contribution in [0.15, 0.2) is 40.6 Å². The first-order chi connectivity index (χ1) is 7.56. The summed E-state index contributed by atoms with van der Waals surface area (Å²) in [6.07, 6.45) is 0.825. The summed E-state index contributed by atoms with van der Waals surface area (Å²) in [4.78, 5) is 22.5. The monoisotopic (exact) mass is 284 g/mol. The van der Waals surface area contributed by atoms with Crippen molar-refractivity contribution >= 4 is 27.7 Å². The Balaban J connectivity index is 2.97. The number of rotatable bonds is 3. The van der Waals surface area contributed by atoms with E-state index in [2.05, 4.69) is 20.7 Å². The van der Waals surface area contributed by atoms with E-state index < -0.39 is 17.5 Å². The highest BCUT2D eigenvalue weighted by Gasteiger charge is 2.12. The SMILES string of the molecule is COC(=O)/C(O)=C/C(=O)c1ccccc1Br. The third kappa shape index (κ3) is 2.93. The molecule has 1 aromatic rings. The molecule has 0 spiro atoms. The van der Waals surface area contributed by atoms with Crippen molar-refractivity contribution in [3.63, 3.8) is 0 Å². The van der Waals surface area contributed by atoms with Crippen LogP contribution in [0.4, 0.5) is 0 Å². The van der Waals surface area contributed by atoms with E-state index in [-0.39, 0.29) is 0 Å². The molecule has 1 N–H and O–H groups in total. The van der Waals surface area contributed by atoms with Crippen LogP contribution in [0, 0.1) is 0 Å². The van der Waals surface area contributed by atoms with Gasteiger partial charge in [-0.15, -0.1) is 0 Å². The van der Waals surface area contributed by atoms with Crippen LogP contribution in [-0.2, 0) is 9.53 Å². The Morgan fingerprint density at radius 2 is 2.00 bits per heavy atom. The largest absolute Gasteiger partial charge is 0.502 e. The zero-order valence-corrected chi connectivity index (χ0v) is 10.0. The average molecular weight is 285 g/mol. The van der Waals surface area contributed by atoms with Crippen molar-refractivity contribution in [3.8, 4) is 0 Å². The molecule has 0 amide bonds. The number of methoxy groups -OCH3 is 1. The minimum absolute atomic E-state index is 0.359. The number of aliphatic hydroxyl groups is 1. The highest BCUT2D eigenvalue weighted by molar-refractivity contribution is 9.10. The average Bonchev–Trinajstić information content (AvgIpc) is 2.28. The van der Waals surface area contributed by atoms with Crippen LogP contribution in [-0.4, -0.2) is 24.0 Å². The van der Waals surface area contributed by atoms with E-state index in [1.165, 1.54) is 0 Å². The molecule has 0 aliphatic rings. The summed E-state index contributed by atoms with van der Waals surface area (Å²) in [6.45, 7) is 0. The molecule has 0 aliphatic heterocycles. The molecule has 5 heteroatoms. The van der Waals surface area contributed by atoms with Crippen molar-refractivity contribution in [1.29, 1.82) is 0 Å². The number of ether oxygens (including phenoxy) is 1. The van der Waals surface area contributed by atoms with E-state index in [0.29, 0.717) is 10.0 Å². The quantitative estimate of drug-likeness (QED) is 0.400. The Kier molecular flexibility index (Phi) is 4.25. The zero-order chi connectivity index (χ0) is 12.1. The van der Waals surface area contributed by atoms with Gasteiger partial charge in [-0.05, 0) is 12.1 Å². The number of benzene rings is 1. The maximum absolute atomic E-state index is 11.6. The van der Waals surface area contributed by atoms with Crippen LogP contribution in [0.5, 0.6) is 0 Å². The minimum Gasteiger partial charge on any atom is -0.502 e. The van der Waals surface area contributed by atoms with Gasteiger partial charge in [0.2, 0.25) is 5.76 Å². The maximum Gasteiger partial charge on any atom is 0.373 e. The number of hydrogen-bond acceptors (Lipinski definition) is 4. The van der Waals surface area contributed by atoms with Crippen molar-refractivity contribution < 1.29 is 19.4 Å². The van der Waals surface area contributed by atoms with Crippen molar-refractivity contribution in [2.24, 2.45) is 0 Å². The summed E-state index contributed by atoms with van der Waals surface area (Å²) in [5, 5.41) is 9.19. The van der Waals surface area contributed by atoms with Gasteiger partial charge in [0.05, 0.1) is 7.11 Å². The molecule has 0 saturated heterocycles. The Bertz CT molecular complexity index is 451. The second-order valence-electron chi connectivity index (χ2n) is 2.87. The van der Waals surface area contributed by atoms with Crippen LogP contribution in [0.2, 0.25) is 0 Å². The fourth-order valence-electron chi connectivity index (χ4n) is 1.03. The van der Waals surface area contributed by atoms with Crippen molar-refractivity contribution in [2.45, 2.75) is 0 Å². The van der Waals surface area contributed by atoms with Crippen LogP contribution < -0.4 is 0 Å². The molecule has 0 radical (unpaired) electrons. The van der Waals surface area contributed by atoms with E-state index in [4.69, 9.17) is 0 Å². The Hall–Kier alpha value is -1.62. The van der Waals surface area contributed by atoms with E-state index in [9.17, 15) is 14.7 Å². The standard InChI is InChI=1S/C11H9BrO4/c1-16-11(15)10(14)6-9(13)7-4-2-3-5-8(7)12/h2-6,14H,1H3/b10-6-. The van der Waals surface area contributed by atoms with Crippen molar-refractivity contribution in [3.05, 3.63) is 46.1 Å². The van der Waals surface area contributed by atoms with E-state index in [1.54, 1.807) is 24.3 Å². The van der Waals surface area contributed by atoms with Gasteiger partial charge in [0.15, 0.2) is 5.78 Å². The smallest absolute Gasteiger partial charge is 0.373 e. The molecule has 4 nitrogen and oxygen atoms in total. The predicted octanol–water partition coefficient (Wildman–Crippen LogP) is 2.25. The number of carbonyl (C=O) groups is 2. The summed E-state index contributed by atoms with van der Waals surface area (Å²) in [7, 11) is 1.12. The van der Waals surface area contributed by atoms with Gasteiger partial charge in [-0.1, -0.05) is 28.1 Å². The molecule has 0 aliphatic carbocycles. The van der Waals surface area contributed by atoms with Crippen LogP contribution >= 0.6 is 15.9 Å². The fraction of sp³-hybridized carbons (Fsp3) is 0.0909. The minimum atomic E-state index is -0.944. The van der Waals surface area contributed by atoms with Crippen molar-refractivity contribution in [2.75, 3.05) is 7.11 Å². The number of allylic oxidation sites excluding steroid dienone is 1. The summed E-state index contributed by atoms with van der Waals surface area (Å²) >= 11 is 3.19. The van der Waals surface area contributed by atoms with Crippen LogP contribution in [0.3, 0.4) is 0 Å². The third-order valence-electron chi connectivity index (χ3n) is 1.80. The Labute approximate surface area is 101 Å². The van der Waals surface area contributed by atoms with Gasteiger partial charge in [0.25, 0.3) is 0 Å². The molecule has 0 unspecified atom stereocenters. The Morgan fingerprint density at radius 3 is 2.56 bits per heavy atom. The van der Waals surface area contributed by atoms with Gasteiger partial charge in [0.1, 0.15) is 0 Å². The number of hydrogen-bond donors (Lipinski definition) is 1. The lowest BCUT2D eigenvalue weighted by molar-refractivity contribution is -0.139. The molecular weight excluding hydrogens is 276 g/mol. The molecule has 0 aromatic heterocycles. The van der Waals surface area contributed by atoms with Gasteiger partial charge < -0.3 is 9.84 Å². The first-order valence-electron chi connectivity index (χ1n) is 4.34. The van der Waals surface area contributed by atoms with Crippen LogP contribution in [0.25, 0.3) is 0 Å². The molecular formula is C11H9BrO4. The van der Waals surface area contributed by atoms with Crippen LogP contribution in [0.1, 0.15) is 10.4 Å². The maximum atomic E-state index is 11.6. The molecule has 0 saturated carbocycles. The summed E-state index contributed by atoms with van der Waals surface area (Å²) in [6, 6.07) is 6.70. The van der Waals surface area contributed by atoms with Gasteiger partial charge >= 0.3 is 5.97 Å². The van der Waals surface area contributed by atoms with E-state index in [0.717, 1.165) is 13.2 Å². The molecule has 1 aromatic carbocycles. The lowest BCUT2D eigenvalue weighted by atomic mass is 10.1. The third-order valence-corrected chi connectivity index (χ3v) is 2.49. The second kappa shape index (κ2) is 5.46. The molecule has 1 rings (SSSR count). The molecule has 0 heterocycles. The van der Waals surface area contributed by atoms with E-state index >= 15 is 0 Å². The lowest BCUT2D eigenvalue weighted by Crippen LogP contribution is -2.07. The van der Waals surface area contributed by atoms with Gasteiger partial charge in [-0.25, -0.2) is 4.79 Å². The summed E-state index contributed by atoms with van der Waals surface area (Å²) < 4.78 is 4.85. The van der Waals surface area contributed by atoms with E-state index in [1.807, 2.05) is 0 Å². The summed E-state index contributed by atoms with van der Waals surface area (Å²) in [5.74, 6) is -2.14. The first-order valence-corrected chi connectivity index (χ1v) is 5.13. The predicted molar refractivity (Wildman–Crippen MR) is 61.2 cm³/mol. The number of carbonyl (C=O) groups excluding carboxylic acids is 2. The second-order valence-corrected chi connectivity index (χ2v) is 3.72. The zero-order valence-electron chi connectivity index (χ0n) is 8.44. The number of aliphatic hydroxyl groups excluding tert-OH is 1. The van der Waals surface area contributed by atoms with Gasteiger partial charge in [0, 0.05) is 16.1 Å². The molecule has 0 atom stereocenters. The fourth-order valence-corrected chi connectivity index (χ4v) is 1.51.